The van der Waals surface area contributed by atoms with Crippen LogP contribution in [0.4, 0.5) is 9.59 Å². The molecule has 1 saturated heterocycles. The van der Waals surface area contributed by atoms with Crippen LogP contribution in [0.5, 0.6) is 0 Å². The van der Waals surface area contributed by atoms with Crippen LogP contribution < -0.4 is 10.6 Å². The van der Waals surface area contributed by atoms with Crippen LogP contribution in [0, 0.1) is 5.92 Å². The summed E-state index contributed by atoms with van der Waals surface area (Å²) in [7, 11) is 1.15. The molecule has 0 spiro atoms. The third kappa shape index (κ3) is 6.19. The Hall–Kier alpha value is -3.15. The molecule has 2 rings (SSSR count). The van der Waals surface area contributed by atoms with Gasteiger partial charge in [0.05, 0.1) is 20.2 Å². The maximum Gasteiger partial charge on any atom is 0.408 e. The van der Waals surface area contributed by atoms with Crippen LogP contribution in [0.2, 0.25) is 0 Å². The average molecular weight is 513 g/mol. The van der Waals surface area contributed by atoms with Gasteiger partial charge >= 0.3 is 12.2 Å². The Balaban J connectivity index is 2.14. The van der Waals surface area contributed by atoms with Crippen molar-refractivity contribution in [3.05, 3.63) is 34.3 Å². The average Bonchev–Trinajstić information content (AvgIpc) is 3.21. The van der Waals surface area contributed by atoms with Crippen LogP contribution in [-0.2, 0) is 14.3 Å². The van der Waals surface area contributed by atoms with Gasteiger partial charge < -0.3 is 25.4 Å². The number of methoxy groups -OCH3 is 1. The molecular formula is C20H25BrN4O7. The van der Waals surface area contributed by atoms with Gasteiger partial charge in [0.2, 0.25) is 11.8 Å². The molecule has 0 bridgehead atoms. The first kappa shape index (κ1) is 25.1. The summed E-state index contributed by atoms with van der Waals surface area (Å²) < 4.78 is 5.34. The lowest BCUT2D eigenvalue weighted by Crippen LogP contribution is -2.56. The Morgan fingerprint density at radius 2 is 1.81 bits per heavy atom. The van der Waals surface area contributed by atoms with E-state index in [1.165, 1.54) is 0 Å². The Kier molecular flexibility index (Phi) is 8.58. The summed E-state index contributed by atoms with van der Waals surface area (Å²) in [6.07, 6.45) is -2.13. The van der Waals surface area contributed by atoms with Crippen molar-refractivity contribution < 1.29 is 33.8 Å². The normalized spacial score (nSPS) is 16.5. The smallest absolute Gasteiger partial charge is 0.408 e. The molecule has 0 radical (unpaired) electrons. The molecule has 0 saturated carbocycles. The van der Waals surface area contributed by atoms with E-state index in [1.807, 2.05) is 0 Å². The largest absolute Gasteiger partial charge is 0.465 e. The third-order valence-corrected chi connectivity index (χ3v) is 5.46. The van der Waals surface area contributed by atoms with Gasteiger partial charge in [-0.05, 0) is 18.1 Å². The second-order valence-corrected chi connectivity index (χ2v) is 8.39. The van der Waals surface area contributed by atoms with Crippen molar-refractivity contribution in [1.82, 2.24) is 20.4 Å². The zero-order valence-electron chi connectivity index (χ0n) is 17.8. The Bertz CT molecular complexity index is 890. The minimum absolute atomic E-state index is 0.261. The third-order valence-electron chi connectivity index (χ3n) is 4.93. The lowest BCUT2D eigenvalue weighted by atomic mass is 10.0. The maximum absolute atomic E-state index is 13.1. The predicted octanol–water partition coefficient (Wildman–Crippen LogP) is 1.28. The topological polar surface area (TPSA) is 145 Å². The van der Waals surface area contributed by atoms with Crippen molar-refractivity contribution in [1.29, 1.82) is 0 Å². The van der Waals surface area contributed by atoms with Gasteiger partial charge in [0.15, 0.2) is 5.78 Å². The van der Waals surface area contributed by atoms with Gasteiger partial charge in [-0.3, -0.25) is 19.3 Å². The van der Waals surface area contributed by atoms with Crippen LogP contribution in [0.1, 0.15) is 24.2 Å². The summed E-state index contributed by atoms with van der Waals surface area (Å²) in [6, 6.07) is 4.39. The summed E-state index contributed by atoms with van der Waals surface area (Å²) in [5.41, 5.74) is 0.391. The minimum atomic E-state index is -1.30. The quantitative estimate of drug-likeness (QED) is 0.466. The number of hydrogen-bond acceptors (Lipinski definition) is 6. The fraction of sp³-hybridized carbons (Fsp3) is 0.450. The Morgan fingerprint density at radius 1 is 1.19 bits per heavy atom. The first-order valence-corrected chi connectivity index (χ1v) is 10.5. The molecular weight excluding hydrogens is 488 g/mol. The van der Waals surface area contributed by atoms with Gasteiger partial charge in [-0.1, -0.05) is 41.9 Å². The number of alkyl carbamates (subject to hydrolysis) is 1. The first-order valence-electron chi connectivity index (χ1n) is 9.74. The van der Waals surface area contributed by atoms with Gasteiger partial charge in [-0.25, -0.2) is 9.59 Å². The number of carbonyl (C=O) groups excluding carboxylic acids is 4. The van der Waals surface area contributed by atoms with E-state index in [0.717, 1.165) is 21.4 Å². The summed E-state index contributed by atoms with van der Waals surface area (Å²) >= 11 is 3.27. The first-order chi connectivity index (χ1) is 15.0. The summed E-state index contributed by atoms with van der Waals surface area (Å²) in [6.45, 7) is 2.45. The van der Waals surface area contributed by atoms with E-state index in [4.69, 9.17) is 0 Å². The molecule has 2 unspecified atom stereocenters. The number of rotatable bonds is 7. The minimum Gasteiger partial charge on any atom is -0.465 e. The summed E-state index contributed by atoms with van der Waals surface area (Å²) in [4.78, 5) is 63.3. The van der Waals surface area contributed by atoms with E-state index in [2.05, 4.69) is 31.3 Å². The molecule has 0 aromatic heterocycles. The number of amides is 4. The van der Waals surface area contributed by atoms with Crippen molar-refractivity contribution in [2.75, 3.05) is 26.9 Å². The number of ketones is 1. The number of carbonyl (C=O) groups is 5. The molecule has 1 fully saturated rings. The Labute approximate surface area is 193 Å². The lowest BCUT2D eigenvalue weighted by molar-refractivity contribution is -0.140. The second kappa shape index (κ2) is 10.9. The fourth-order valence-electron chi connectivity index (χ4n) is 3.13. The zero-order chi connectivity index (χ0) is 24.0. The van der Waals surface area contributed by atoms with Gasteiger partial charge in [0.1, 0.15) is 18.8 Å². The number of ether oxygens (including phenoxy) is 1. The van der Waals surface area contributed by atoms with Crippen LogP contribution in [-0.4, -0.2) is 83.6 Å². The highest BCUT2D eigenvalue weighted by molar-refractivity contribution is 9.10. The summed E-state index contributed by atoms with van der Waals surface area (Å²) in [5.74, 6) is -2.01. The molecule has 1 aromatic rings. The molecule has 12 heteroatoms. The van der Waals surface area contributed by atoms with Crippen LogP contribution in [0.3, 0.4) is 0 Å². The maximum atomic E-state index is 13.1. The summed E-state index contributed by atoms with van der Waals surface area (Å²) in [5, 5.41) is 14.2. The van der Waals surface area contributed by atoms with Gasteiger partial charge in [-0.15, -0.1) is 0 Å². The van der Waals surface area contributed by atoms with Gasteiger partial charge in [-0.2, -0.15) is 0 Å². The van der Waals surface area contributed by atoms with E-state index in [0.29, 0.717) is 5.56 Å². The van der Waals surface area contributed by atoms with Crippen LogP contribution in [0.25, 0.3) is 0 Å². The molecule has 174 valence electrons. The number of benzene rings is 1. The molecule has 2 atom stereocenters. The zero-order valence-corrected chi connectivity index (χ0v) is 19.4. The standard InChI is InChI=1S/C20H25BrN4O7/c1-11(2)16(23-19(29)32-3)18(28)25-10-24(20(30)31)9-14(25)17(27)22-8-15(26)12-4-6-13(21)7-5-12/h4-7,11,14,16H,8-10H2,1-3H3,(H,22,27)(H,23,29)(H,30,31). The molecule has 32 heavy (non-hydrogen) atoms. The molecule has 1 aliphatic heterocycles. The number of hydrogen-bond donors (Lipinski definition) is 3. The van der Waals surface area contributed by atoms with Gasteiger partial charge in [0, 0.05) is 10.0 Å². The molecule has 1 aliphatic rings. The van der Waals surface area contributed by atoms with E-state index in [-0.39, 0.29) is 31.5 Å². The number of halogens is 1. The molecule has 1 heterocycles. The SMILES string of the molecule is COC(=O)NC(C(=O)N1CN(C(=O)O)CC1C(=O)NCC(=O)c1ccc(Br)cc1)C(C)C. The molecule has 1 aromatic carbocycles. The lowest BCUT2D eigenvalue weighted by Gasteiger charge is -2.29. The second-order valence-electron chi connectivity index (χ2n) is 7.48. The van der Waals surface area contributed by atoms with Crippen molar-refractivity contribution in [3.8, 4) is 0 Å². The van der Waals surface area contributed by atoms with Crippen molar-refractivity contribution in [2.24, 2.45) is 5.92 Å². The molecule has 0 aliphatic carbocycles. The van der Waals surface area contributed by atoms with E-state index >= 15 is 0 Å². The van der Waals surface area contributed by atoms with E-state index in [1.54, 1.807) is 38.1 Å². The van der Waals surface area contributed by atoms with Crippen molar-refractivity contribution in [3.63, 3.8) is 0 Å². The number of Topliss-reactive ketones (excluding diaryl/α,β-unsaturated/α-hetero) is 1. The van der Waals surface area contributed by atoms with Crippen LogP contribution >= 0.6 is 15.9 Å². The number of nitrogens with zero attached hydrogens (tertiary/aromatic N) is 2. The van der Waals surface area contributed by atoms with E-state index in [9.17, 15) is 29.1 Å². The van der Waals surface area contributed by atoms with Crippen molar-refractivity contribution >= 4 is 45.7 Å². The highest BCUT2D eigenvalue weighted by Gasteiger charge is 2.43. The molecule has 11 nitrogen and oxygen atoms in total. The Morgan fingerprint density at radius 3 is 2.34 bits per heavy atom. The predicted molar refractivity (Wildman–Crippen MR) is 116 cm³/mol. The highest BCUT2D eigenvalue weighted by Crippen LogP contribution is 2.18. The van der Waals surface area contributed by atoms with Crippen molar-refractivity contribution in [2.45, 2.75) is 25.9 Å². The highest BCUT2D eigenvalue weighted by atomic mass is 79.9. The van der Waals surface area contributed by atoms with Crippen LogP contribution in [0.15, 0.2) is 28.7 Å². The van der Waals surface area contributed by atoms with E-state index < -0.39 is 36.1 Å². The number of nitrogens with one attached hydrogen (secondary N) is 2. The monoisotopic (exact) mass is 512 g/mol. The molecule has 3 N–H and O–H groups in total. The van der Waals surface area contributed by atoms with Gasteiger partial charge in [0.25, 0.3) is 0 Å². The molecule has 4 amide bonds. The number of carboxylic acid groups (broad SMARTS) is 1. The fourth-order valence-corrected chi connectivity index (χ4v) is 3.40.